The summed E-state index contributed by atoms with van der Waals surface area (Å²) in [5.41, 5.74) is 1.04. The quantitative estimate of drug-likeness (QED) is 0.726. The fraction of sp³-hybridized carbons (Fsp3) is 0.583. The molecule has 1 aromatic carbocycles. The van der Waals surface area contributed by atoms with Crippen molar-refractivity contribution in [2.45, 2.75) is 63.6 Å². The van der Waals surface area contributed by atoms with Crippen molar-refractivity contribution in [1.29, 1.82) is 0 Å². The lowest BCUT2D eigenvalue weighted by Crippen LogP contribution is -2.56. The number of aromatic nitrogens is 1. The monoisotopic (exact) mass is 427 g/mol. The van der Waals surface area contributed by atoms with E-state index in [1.165, 1.54) is 12.8 Å². The van der Waals surface area contributed by atoms with Crippen LogP contribution in [0.1, 0.15) is 50.0 Å². The van der Waals surface area contributed by atoms with Gasteiger partial charge in [-0.3, -0.25) is 9.69 Å². The van der Waals surface area contributed by atoms with Crippen LogP contribution >= 0.6 is 0 Å². The van der Waals surface area contributed by atoms with Crippen LogP contribution in [0, 0.1) is 6.92 Å². The molecule has 1 amide bonds. The minimum absolute atomic E-state index is 0.0534. The fourth-order valence-corrected chi connectivity index (χ4v) is 4.71. The van der Waals surface area contributed by atoms with Crippen molar-refractivity contribution >= 4 is 5.91 Å². The van der Waals surface area contributed by atoms with Crippen LogP contribution in [0.5, 0.6) is 5.75 Å². The maximum atomic E-state index is 13.0. The topological polar surface area (TPSA) is 76.8 Å². The zero-order valence-corrected chi connectivity index (χ0v) is 18.8. The normalized spacial score (nSPS) is 19.5. The van der Waals surface area contributed by atoms with E-state index in [9.17, 15) is 4.79 Å². The molecule has 0 atom stereocenters. The number of piperidine rings is 1. The summed E-state index contributed by atoms with van der Waals surface area (Å²) in [7, 11) is 3.30. The molecule has 1 aromatic heterocycles. The lowest BCUT2D eigenvalue weighted by molar-refractivity contribution is -0.150. The van der Waals surface area contributed by atoms with Crippen LogP contribution in [-0.2, 0) is 16.1 Å². The van der Waals surface area contributed by atoms with Gasteiger partial charge in [0.1, 0.15) is 17.1 Å². The molecule has 1 aliphatic heterocycles. The van der Waals surface area contributed by atoms with Gasteiger partial charge >= 0.3 is 0 Å². The summed E-state index contributed by atoms with van der Waals surface area (Å²) in [6.45, 7) is 4.19. The molecule has 1 saturated carbocycles. The Morgan fingerprint density at radius 2 is 1.94 bits per heavy atom. The van der Waals surface area contributed by atoms with Crippen LogP contribution in [0.3, 0.4) is 0 Å². The van der Waals surface area contributed by atoms with Crippen molar-refractivity contribution in [2.24, 2.45) is 0 Å². The Kier molecular flexibility index (Phi) is 6.62. The van der Waals surface area contributed by atoms with Crippen molar-refractivity contribution in [1.82, 2.24) is 15.2 Å². The van der Waals surface area contributed by atoms with Crippen LogP contribution in [0.2, 0.25) is 0 Å². The molecular formula is C24H33N3O4. The first-order valence-electron chi connectivity index (χ1n) is 11.2. The van der Waals surface area contributed by atoms with Gasteiger partial charge in [0.15, 0.2) is 0 Å². The average molecular weight is 428 g/mol. The number of rotatable bonds is 7. The lowest BCUT2D eigenvalue weighted by atomic mass is 9.89. The van der Waals surface area contributed by atoms with Gasteiger partial charge in [-0.15, -0.1) is 0 Å². The molecule has 2 aromatic rings. The fourth-order valence-electron chi connectivity index (χ4n) is 4.71. The molecule has 2 fully saturated rings. The highest BCUT2D eigenvalue weighted by molar-refractivity contribution is 5.85. The summed E-state index contributed by atoms with van der Waals surface area (Å²) in [6, 6.07) is 8.04. The van der Waals surface area contributed by atoms with Gasteiger partial charge in [0, 0.05) is 32.8 Å². The minimum Gasteiger partial charge on any atom is -0.496 e. The molecule has 7 heteroatoms. The van der Waals surface area contributed by atoms with Crippen molar-refractivity contribution in [3.63, 3.8) is 0 Å². The zero-order valence-electron chi connectivity index (χ0n) is 18.8. The molecule has 2 aliphatic rings. The number of hydrogen-bond acceptors (Lipinski definition) is 6. The molecule has 7 nitrogen and oxygen atoms in total. The van der Waals surface area contributed by atoms with E-state index >= 15 is 0 Å². The third kappa shape index (κ3) is 4.62. The average Bonchev–Trinajstić information content (AvgIpc) is 3.44. The number of oxazole rings is 1. The maximum Gasteiger partial charge on any atom is 0.252 e. The number of likely N-dealkylation sites (tertiary alicyclic amines) is 1. The predicted octanol–water partition coefficient (Wildman–Crippen LogP) is 3.70. The number of carbonyl (C=O) groups excluding carboxylic acids is 1. The Morgan fingerprint density at radius 3 is 2.61 bits per heavy atom. The number of carbonyl (C=O) groups is 1. The molecule has 0 unspecified atom stereocenters. The molecule has 168 valence electrons. The highest BCUT2D eigenvalue weighted by atomic mass is 16.5. The summed E-state index contributed by atoms with van der Waals surface area (Å²) in [4.78, 5) is 20.0. The number of para-hydroxylation sites is 1. The van der Waals surface area contributed by atoms with E-state index in [2.05, 4.69) is 10.2 Å². The summed E-state index contributed by atoms with van der Waals surface area (Å²) in [5.74, 6) is 2.18. The first kappa shape index (κ1) is 21.8. The second-order valence-electron chi connectivity index (χ2n) is 8.65. The van der Waals surface area contributed by atoms with E-state index in [1.807, 2.05) is 31.2 Å². The molecule has 0 bridgehead atoms. The van der Waals surface area contributed by atoms with E-state index in [-0.39, 0.29) is 5.91 Å². The Bertz CT molecular complexity index is 896. The molecule has 2 heterocycles. The third-order valence-corrected chi connectivity index (χ3v) is 6.76. The van der Waals surface area contributed by atoms with E-state index in [1.54, 1.807) is 14.2 Å². The number of nitrogens with one attached hydrogen (secondary N) is 1. The van der Waals surface area contributed by atoms with E-state index in [0.717, 1.165) is 48.7 Å². The molecule has 4 rings (SSSR count). The van der Waals surface area contributed by atoms with Crippen LogP contribution in [0.15, 0.2) is 28.7 Å². The van der Waals surface area contributed by atoms with Gasteiger partial charge in [-0.25, -0.2) is 4.98 Å². The number of methoxy groups -OCH3 is 2. The van der Waals surface area contributed by atoms with Gasteiger partial charge in [0.05, 0.1) is 18.4 Å². The number of aryl methyl sites for hydroxylation is 1. The van der Waals surface area contributed by atoms with Gasteiger partial charge in [0.2, 0.25) is 5.89 Å². The van der Waals surface area contributed by atoms with Crippen molar-refractivity contribution in [3.05, 3.63) is 35.7 Å². The number of ether oxygens (including phenoxy) is 2. The highest BCUT2D eigenvalue weighted by Crippen LogP contribution is 2.32. The second-order valence-corrected chi connectivity index (χ2v) is 8.65. The van der Waals surface area contributed by atoms with Gasteiger partial charge in [-0.1, -0.05) is 25.0 Å². The highest BCUT2D eigenvalue weighted by Gasteiger charge is 2.42. The first-order valence-corrected chi connectivity index (χ1v) is 11.2. The van der Waals surface area contributed by atoms with Crippen LogP contribution in [0.25, 0.3) is 11.5 Å². The number of benzene rings is 1. The molecule has 1 aliphatic carbocycles. The van der Waals surface area contributed by atoms with Crippen molar-refractivity contribution in [3.8, 4) is 17.2 Å². The van der Waals surface area contributed by atoms with Crippen LogP contribution in [0.4, 0.5) is 0 Å². The van der Waals surface area contributed by atoms with Gasteiger partial charge in [-0.05, 0) is 44.7 Å². The Labute approximate surface area is 184 Å². The van der Waals surface area contributed by atoms with Crippen molar-refractivity contribution in [2.75, 3.05) is 27.3 Å². The van der Waals surface area contributed by atoms with Gasteiger partial charge in [-0.2, -0.15) is 0 Å². The minimum atomic E-state index is -0.722. The Hall–Kier alpha value is -2.38. The van der Waals surface area contributed by atoms with E-state index in [4.69, 9.17) is 18.9 Å². The largest absolute Gasteiger partial charge is 0.496 e. The molecule has 31 heavy (non-hydrogen) atoms. The standard InChI is InChI=1S/C24H33N3O4/c1-17-20(26-22(31-17)19-10-6-7-11-21(19)29-2)16-27-14-12-24(30-3,13-15-27)23(28)25-18-8-4-5-9-18/h6-7,10-11,18H,4-5,8-9,12-16H2,1-3H3,(H,25,28). The first-order chi connectivity index (χ1) is 15.0. The summed E-state index contributed by atoms with van der Waals surface area (Å²) >= 11 is 0. The smallest absolute Gasteiger partial charge is 0.252 e. The summed E-state index contributed by atoms with van der Waals surface area (Å²) in [5, 5.41) is 3.22. The predicted molar refractivity (Wildman–Crippen MR) is 118 cm³/mol. The van der Waals surface area contributed by atoms with Crippen LogP contribution < -0.4 is 10.1 Å². The van der Waals surface area contributed by atoms with Crippen LogP contribution in [-0.4, -0.2) is 54.7 Å². The molecule has 1 N–H and O–H groups in total. The zero-order chi connectivity index (χ0) is 21.8. The molecule has 0 spiro atoms. The lowest BCUT2D eigenvalue weighted by Gasteiger charge is -2.39. The maximum absolute atomic E-state index is 13.0. The molecular weight excluding hydrogens is 394 g/mol. The number of amides is 1. The summed E-state index contributed by atoms with van der Waals surface area (Å²) < 4.78 is 17.2. The summed E-state index contributed by atoms with van der Waals surface area (Å²) in [6.07, 6.45) is 5.92. The molecule has 0 radical (unpaired) electrons. The van der Waals surface area contributed by atoms with Gasteiger partial charge < -0.3 is 19.2 Å². The Morgan fingerprint density at radius 1 is 1.23 bits per heavy atom. The third-order valence-electron chi connectivity index (χ3n) is 6.76. The number of nitrogens with zero attached hydrogens (tertiary/aromatic N) is 2. The number of hydrogen-bond donors (Lipinski definition) is 1. The SMILES string of the molecule is COc1ccccc1-c1nc(CN2CCC(OC)(C(=O)NC3CCCC3)CC2)c(C)o1. The van der Waals surface area contributed by atoms with E-state index in [0.29, 0.717) is 31.3 Å². The Balaban J connectivity index is 1.39. The molecule has 1 saturated heterocycles. The van der Waals surface area contributed by atoms with Gasteiger partial charge in [0.25, 0.3) is 5.91 Å². The van der Waals surface area contributed by atoms with Crippen molar-refractivity contribution < 1.29 is 18.7 Å². The van der Waals surface area contributed by atoms with E-state index < -0.39 is 5.60 Å². The second kappa shape index (κ2) is 9.40.